The van der Waals surface area contributed by atoms with Crippen molar-refractivity contribution in [1.82, 2.24) is 0 Å². The van der Waals surface area contributed by atoms with Crippen molar-refractivity contribution in [1.29, 1.82) is 0 Å². The number of aliphatic hydroxyl groups excluding tert-OH is 1. The Balaban J connectivity index is 2.31. The van der Waals surface area contributed by atoms with Gasteiger partial charge in [-0.05, 0) is 70.9 Å². The summed E-state index contributed by atoms with van der Waals surface area (Å²) in [4.78, 5) is 0.930. The highest BCUT2D eigenvalue weighted by atomic mass is 79.9. The van der Waals surface area contributed by atoms with Crippen molar-refractivity contribution in [3.63, 3.8) is 0 Å². The average Bonchev–Trinajstić information content (AvgIpc) is 2.74. The second-order valence-corrected chi connectivity index (χ2v) is 8.40. The molecule has 0 saturated heterocycles. The van der Waals surface area contributed by atoms with Crippen molar-refractivity contribution in [3.8, 4) is 0 Å². The Morgan fingerprint density at radius 1 is 1.20 bits per heavy atom. The van der Waals surface area contributed by atoms with E-state index in [9.17, 15) is 5.11 Å². The lowest BCUT2D eigenvalue weighted by Gasteiger charge is -2.04. The zero-order valence-electron chi connectivity index (χ0n) is 7.21. The summed E-state index contributed by atoms with van der Waals surface area (Å²) in [6.07, 6.45) is -0.542. The summed E-state index contributed by atoms with van der Waals surface area (Å²) < 4.78 is 3.02. The molecule has 15 heavy (non-hydrogen) atoms. The van der Waals surface area contributed by atoms with Gasteiger partial charge < -0.3 is 5.11 Å². The first-order chi connectivity index (χ1) is 7.08. The first kappa shape index (κ1) is 12.3. The minimum Gasteiger partial charge on any atom is -0.383 e. The normalized spacial score (nSPS) is 13.1. The van der Waals surface area contributed by atoms with E-state index in [4.69, 9.17) is 0 Å². The zero-order chi connectivity index (χ0) is 11.0. The Labute approximate surface area is 121 Å². The summed E-state index contributed by atoms with van der Waals surface area (Å²) in [5, 5.41) is 12.1. The second kappa shape index (κ2) is 4.98. The molecule has 2 aromatic rings. The van der Waals surface area contributed by atoms with Gasteiger partial charge >= 0.3 is 0 Å². The standard InChI is InChI=1S/C9H5Br3OS2/c10-5-2-6(15-9(5)12)8(13)4-1-7(11)14-3-4/h1-3,8,13H. The molecule has 0 saturated carbocycles. The van der Waals surface area contributed by atoms with E-state index in [2.05, 4.69) is 47.8 Å². The summed E-state index contributed by atoms with van der Waals surface area (Å²) in [7, 11) is 0. The topological polar surface area (TPSA) is 20.2 Å². The van der Waals surface area contributed by atoms with Crippen molar-refractivity contribution >= 4 is 70.5 Å². The molecule has 6 heteroatoms. The molecule has 0 aromatic carbocycles. The maximum absolute atomic E-state index is 10.1. The van der Waals surface area contributed by atoms with Crippen LogP contribution < -0.4 is 0 Å². The molecule has 1 N–H and O–H groups in total. The lowest BCUT2D eigenvalue weighted by molar-refractivity contribution is 0.224. The lowest BCUT2D eigenvalue weighted by Crippen LogP contribution is -1.93. The molecule has 0 aliphatic carbocycles. The number of thiophene rings is 2. The molecule has 1 unspecified atom stereocenters. The highest BCUT2D eigenvalue weighted by molar-refractivity contribution is 9.13. The molecule has 2 heterocycles. The molecule has 0 aliphatic heterocycles. The van der Waals surface area contributed by atoms with Crippen molar-refractivity contribution in [2.24, 2.45) is 0 Å². The van der Waals surface area contributed by atoms with Crippen molar-refractivity contribution in [2.75, 3.05) is 0 Å². The Hall–Kier alpha value is 0.800. The highest BCUT2D eigenvalue weighted by Gasteiger charge is 2.16. The van der Waals surface area contributed by atoms with Gasteiger partial charge in [-0.2, -0.15) is 0 Å². The average molecular weight is 433 g/mol. The smallest absolute Gasteiger partial charge is 0.114 e. The zero-order valence-corrected chi connectivity index (χ0v) is 13.6. The molecule has 0 fully saturated rings. The van der Waals surface area contributed by atoms with E-state index in [0.29, 0.717) is 0 Å². The minimum atomic E-state index is -0.542. The Morgan fingerprint density at radius 3 is 2.40 bits per heavy atom. The summed E-state index contributed by atoms with van der Waals surface area (Å²) in [5.74, 6) is 0. The van der Waals surface area contributed by atoms with Gasteiger partial charge in [0.1, 0.15) is 6.10 Å². The number of hydrogen-bond donors (Lipinski definition) is 1. The van der Waals surface area contributed by atoms with Crippen LogP contribution in [0.15, 0.2) is 29.6 Å². The molecular formula is C9H5Br3OS2. The van der Waals surface area contributed by atoms with Gasteiger partial charge in [0, 0.05) is 9.35 Å². The molecule has 0 aliphatic rings. The fourth-order valence-corrected chi connectivity index (χ4v) is 4.43. The van der Waals surface area contributed by atoms with Crippen LogP contribution in [0.25, 0.3) is 0 Å². The van der Waals surface area contributed by atoms with Crippen LogP contribution in [0.1, 0.15) is 16.5 Å². The summed E-state index contributed by atoms with van der Waals surface area (Å²) in [6, 6.07) is 3.88. The van der Waals surface area contributed by atoms with E-state index < -0.39 is 6.10 Å². The SMILES string of the molecule is OC(c1csc(Br)c1)c1cc(Br)c(Br)s1. The first-order valence-electron chi connectivity index (χ1n) is 3.94. The van der Waals surface area contributed by atoms with Crippen molar-refractivity contribution < 1.29 is 5.11 Å². The van der Waals surface area contributed by atoms with Crippen LogP contribution in [0.3, 0.4) is 0 Å². The Morgan fingerprint density at radius 2 is 1.93 bits per heavy atom. The maximum Gasteiger partial charge on any atom is 0.114 e. The van der Waals surface area contributed by atoms with Gasteiger partial charge in [-0.25, -0.2) is 0 Å². The van der Waals surface area contributed by atoms with Gasteiger partial charge in [0.15, 0.2) is 0 Å². The Bertz CT molecular complexity index is 458. The molecule has 0 amide bonds. The van der Waals surface area contributed by atoms with Crippen LogP contribution >= 0.6 is 70.5 Å². The number of halogens is 3. The van der Waals surface area contributed by atoms with Gasteiger partial charge in [0.2, 0.25) is 0 Å². The first-order valence-corrected chi connectivity index (χ1v) is 8.02. The van der Waals surface area contributed by atoms with Crippen LogP contribution in [0.2, 0.25) is 0 Å². The molecule has 0 spiro atoms. The largest absolute Gasteiger partial charge is 0.383 e. The van der Waals surface area contributed by atoms with E-state index in [1.807, 2.05) is 17.5 Å². The third-order valence-electron chi connectivity index (χ3n) is 1.84. The van der Waals surface area contributed by atoms with E-state index in [1.165, 1.54) is 11.3 Å². The highest BCUT2D eigenvalue weighted by Crippen LogP contribution is 2.38. The van der Waals surface area contributed by atoms with Gasteiger partial charge in [-0.3, -0.25) is 0 Å². The molecule has 2 aromatic heterocycles. The fourth-order valence-electron chi connectivity index (χ4n) is 1.13. The van der Waals surface area contributed by atoms with Gasteiger partial charge in [-0.1, -0.05) is 0 Å². The fraction of sp³-hybridized carbons (Fsp3) is 0.111. The van der Waals surface area contributed by atoms with Crippen LogP contribution in [0, 0.1) is 0 Å². The van der Waals surface area contributed by atoms with Crippen LogP contribution in [0.5, 0.6) is 0 Å². The summed E-state index contributed by atoms with van der Waals surface area (Å²) in [5.41, 5.74) is 0.924. The van der Waals surface area contributed by atoms with Crippen LogP contribution in [0.4, 0.5) is 0 Å². The molecule has 80 valence electrons. The predicted octanol–water partition coefficient (Wildman–Crippen LogP) is 5.18. The third kappa shape index (κ3) is 2.73. The quantitative estimate of drug-likeness (QED) is 0.693. The Kier molecular flexibility index (Phi) is 4.07. The molecule has 2 rings (SSSR count). The maximum atomic E-state index is 10.1. The number of rotatable bonds is 2. The molecular weight excluding hydrogens is 428 g/mol. The van der Waals surface area contributed by atoms with Gasteiger partial charge in [0.25, 0.3) is 0 Å². The lowest BCUT2D eigenvalue weighted by atomic mass is 10.2. The van der Waals surface area contributed by atoms with Gasteiger partial charge in [-0.15, -0.1) is 22.7 Å². The molecule has 0 bridgehead atoms. The monoisotopic (exact) mass is 430 g/mol. The summed E-state index contributed by atoms with van der Waals surface area (Å²) >= 11 is 13.3. The summed E-state index contributed by atoms with van der Waals surface area (Å²) in [6.45, 7) is 0. The van der Waals surface area contributed by atoms with E-state index in [0.717, 1.165) is 22.5 Å². The van der Waals surface area contributed by atoms with E-state index in [-0.39, 0.29) is 0 Å². The minimum absolute atomic E-state index is 0.542. The number of hydrogen-bond acceptors (Lipinski definition) is 3. The van der Waals surface area contributed by atoms with E-state index >= 15 is 0 Å². The molecule has 1 atom stereocenters. The van der Waals surface area contributed by atoms with Gasteiger partial charge in [0.05, 0.1) is 7.57 Å². The van der Waals surface area contributed by atoms with E-state index in [1.54, 1.807) is 11.3 Å². The molecule has 1 nitrogen and oxygen atoms in total. The number of aliphatic hydroxyl groups is 1. The molecule has 0 radical (unpaired) electrons. The predicted molar refractivity (Wildman–Crippen MR) is 75.8 cm³/mol. The van der Waals surface area contributed by atoms with Crippen LogP contribution in [-0.4, -0.2) is 5.11 Å². The van der Waals surface area contributed by atoms with Crippen LogP contribution in [-0.2, 0) is 0 Å². The second-order valence-electron chi connectivity index (χ2n) is 2.86. The van der Waals surface area contributed by atoms with Crippen molar-refractivity contribution in [2.45, 2.75) is 6.10 Å². The third-order valence-corrected chi connectivity index (χ3v) is 6.67. The van der Waals surface area contributed by atoms with Crippen molar-refractivity contribution in [3.05, 3.63) is 40.0 Å².